The fourth-order valence-corrected chi connectivity index (χ4v) is 2.28. The average molecular weight is 321 g/mol. The third-order valence-corrected chi connectivity index (χ3v) is 3.22. The van der Waals surface area contributed by atoms with Gasteiger partial charge in [-0.25, -0.2) is 0 Å². The van der Waals surface area contributed by atoms with E-state index in [0.29, 0.717) is 21.5 Å². The van der Waals surface area contributed by atoms with Gasteiger partial charge in [0.15, 0.2) is 11.5 Å². The van der Waals surface area contributed by atoms with Crippen molar-refractivity contribution in [2.75, 3.05) is 5.43 Å². The summed E-state index contributed by atoms with van der Waals surface area (Å²) >= 11 is 11.9. The third kappa shape index (κ3) is 3.12. The molecule has 2 heterocycles. The number of fused-ring (bicyclic) bond motifs is 1. The molecule has 0 unspecified atom stereocenters. The number of anilines is 1. The number of hydrogen-bond acceptors (Lipinski definition) is 5. The number of nitrogens with zero attached hydrogens (tertiary/aromatic N) is 5. The van der Waals surface area contributed by atoms with Gasteiger partial charge in [-0.05, 0) is 37.3 Å². The second-order valence-electron chi connectivity index (χ2n) is 4.32. The Morgan fingerprint density at radius 2 is 1.95 bits per heavy atom. The Morgan fingerprint density at radius 1 is 1.19 bits per heavy atom. The number of hydrazone groups is 1. The third-order valence-electron chi connectivity index (χ3n) is 2.78. The molecule has 3 aromatic rings. The zero-order chi connectivity index (χ0) is 14.8. The van der Waals surface area contributed by atoms with Crippen LogP contribution in [-0.4, -0.2) is 25.5 Å². The van der Waals surface area contributed by atoms with Gasteiger partial charge in [-0.15, -0.1) is 15.3 Å². The van der Waals surface area contributed by atoms with Crippen LogP contribution >= 0.6 is 23.2 Å². The second-order valence-corrected chi connectivity index (χ2v) is 5.19. The maximum absolute atomic E-state index is 5.97. The van der Waals surface area contributed by atoms with Gasteiger partial charge in [-0.1, -0.05) is 23.2 Å². The van der Waals surface area contributed by atoms with Crippen LogP contribution < -0.4 is 5.43 Å². The van der Waals surface area contributed by atoms with Crippen molar-refractivity contribution in [3.63, 3.8) is 0 Å². The molecule has 0 aliphatic carbocycles. The van der Waals surface area contributed by atoms with E-state index in [2.05, 4.69) is 25.8 Å². The summed E-state index contributed by atoms with van der Waals surface area (Å²) in [5, 5.41) is 17.3. The molecule has 0 saturated heterocycles. The largest absolute Gasteiger partial charge is 0.260 e. The van der Waals surface area contributed by atoms with Crippen LogP contribution in [0.15, 0.2) is 41.8 Å². The SMILES string of the molecule is C/C(=N/Nc1ccc2nncn2n1)c1cc(Cl)cc(Cl)c1. The van der Waals surface area contributed by atoms with Crippen LogP contribution in [0.5, 0.6) is 0 Å². The molecule has 106 valence electrons. The van der Waals surface area contributed by atoms with Gasteiger partial charge < -0.3 is 0 Å². The van der Waals surface area contributed by atoms with Crippen molar-refractivity contribution in [1.82, 2.24) is 19.8 Å². The first-order valence-corrected chi connectivity index (χ1v) is 6.81. The minimum atomic E-state index is 0.566. The molecule has 0 amide bonds. The Hall–Kier alpha value is -2.18. The Balaban J connectivity index is 1.83. The quantitative estimate of drug-likeness (QED) is 0.594. The highest BCUT2D eigenvalue weighted by molar-refractivity contribution is 6.35. The standard InChI is InChI=1S/C13H10Cl2N6/c1-8(9-4-10(14)6-11(15)5-9)17-18-12-2-3-13-19-16-7-21(13)20-12/h2-7H,1H3,(H,18,20)/b17-8-. The van der Waals surface area contributed by atoms with Crippen LogP contribution in [0.2, 0.25) is 10.0 Å². The Bertz CT molecular complexity index is 806. The van der Waals surface area contributed by atoms with Gasteiger partial charge in [0.05, 0.1) is 5.71 Å². The van der Waals surface area contributed by atoms with Crippen molar-refractivity contribution in [1.29, 1.82) is 0 Å². The molecule has 0 bridgehead atoms. The lowest BCUT2D eigenvalue weighted by atomic mass is 10.1. The number of hydrogen-bond donors (Lipinski definition) is 1. The molecule has 0 atom stereocenters. The Labute approximate surface area is 130 Å². The number of rotatable bonds is 3. The summed E-state index contributed by atoms with van der Waals surface area (Å²) in [5.41, 5.74) is 5.13. The minimum absolute atomic E-state index is 0.566. The smallest absolute Gasteiger partial charge is 0.177 e. The van der Waals surface area contributed by atoms with Gasteiger partial charge in [0, 0.05) is 15.6 Å². The summed E-state index contributed by atoms with van der Waals surface area (Å²) in [4.78, 5) is 0. The van der Waals surface area contributed by atoms with E-state index in [1.165, 1.54) is 6.33 Å². The van der Waals surface area contributed by atoms with E-state index in [1.54, 1.807) is 34.8 Å². The molecule has 6 nitrogen and oxygen atoms in total. The number of aromatic nitrogens is 4. The van der Waals surface area contributed by atoms with E-state index in [4.69, 9.17) is 23.2 Å². The van der Waals surface area contributed by atoms with Gasteiger partial charge in [-0.2, -0.15) is 9.62 Å². The first-order valence-electron chi connectivity index (χ1n) is 6.06. The van der Waals surface area contributed by atoms with E-state index in [1.807, 2.05) is 6.92 Å². The molecular weight excluding hydrogens is 311 g/mol. The zero-order valence-electron chi connectivity index (χ0n) is 11.0. The molecule has 3 rings (SSSR count). The summed E-state index contributed by atoms with van der Waals surface area (Å²) < 4.78 is 1.56. The number of benzene rings is 1. The lowest BCUT2D eigenvalue weighted by Gasteiger charge is -2.04. The average Bonchev–Trinajstić information content (AvgIpc) is 2.91. The molecular formula is C13H10Cl2N6. The fourth-order valence-electron chi connectivity index (χ4n) is 1.76. The van der Waals surface area contributed by atoms with Gasteiger partial charge in [0.2, 0.25) is 0 Å². The van der Waals surface area contributed by atoms with Crippen LogP contribution in [0.1, 0.15) is 12.5 Å². The molecule has 0 fully saturated rings. The summed E-state index contributed by atoms with van der Waals surface area (Å²) in [6.45, 7) is 1.85. The van der Waals surface area contributed by atoms with Crippen LogP contribution in [0.25, 0.3) is 5.65 Å². The number of nitrogens with one attached hydrogen (secondary N) is 1. The highest BCUT2D eigenvalue weighted by atomic mass is 35.5. The van der Waals surface area contributed by atoms with Crippen LogP contribution in [0.4, 0.5) is 5.82 Å². The minimum Gasteiger partial charge on any atom is -0.260 e. The van der Waals surface area contributed by atoms with Crippen LogP contribution in [0.3, 0.4) is 0 Å². The van der Waals surface area contributed by atoms with Crippen LogP contribution in [-0.2, 0) is 0 Å². The van der Waals surface area contributed by atoms with Crippen LogP contribution in [0, 0.1) is 0 Å². The molecule has 2 aromatic heterocycles. The lowest BCUT2D eigenvalue weighted by molar-refractivity contribution is 0.924. The lowest BCUT2D eigenvalue weighted by Crippen LogP contribution is -2.02. The monoisotopic (exact) mass is 320 g/mol. The molecule has 0 aliphatic heterocycles. The van der Waals surface area contributed by atoms with Gasteiger partial charge in [0.1, 0.15) is 6.33 Å². The van der Waals surface area contributed by atoms with Crippen molar-refractivity contribution in [3.8, 4) is 0 Å². The number of halogens is 2. The second kappa shape index (κ2) is 5.67. The normalized spacial score (nSPS) is 11.9. The summed E-state index contributed by atoms with van der Waals surface area (Å²) in [6, 6.07) is 8.83. The molecule has 1 N–H and O–H groups in total. The maximum Gasteiger partial charge on any atom is 0.177 e. The topological polar surface area (TPSA) is 67.5 Å². The summed E-state index contributed by atoms with van der Waals surface area (Å²) in [6.07, 6.45) is 1.52. The predicted octanol–water partition coefficient (Wildman–Crippen LogP) is 3.27. The summed E-state index contributed by atoms with van der Waals surface area (Å²) in [7, 11) is 0. The molecule has 0 saturated carbocycles. The molecule has 0 aliphatic rings. The Morgan fingerprint density at radius 3 is 2.71 bits per heavy atom. The van der Waals surface area contributed by atoms with Crippen molar-refractivity contribution in [2.45, 2.75) is 6.92 Å². The van der Waals surface area contributed by atoms with Gasteiger partial charge in [0.25, 0.3) is 0 Å². The first kappa shape index (κ1) is 13.8. The van der Waals surface area contributed by atoms with Crippen molar-refractivity contribution >= 4 is 40.4 Å². The van der Waals surface area contributed by atoms with E-state index in [0.717, 1.165) is 11.3 Å². The Kier molecular flexibility index (Phi) is 3.72. The van der Waals surface area contributed by atoms with Gasteiger partial charge >= 0.3 is 0 Å². The van der Waals surface area contributed by atoms with Crippen molar-refractivity contribution in [3.05, 3.63) is 52.3 Å². The van der Waals surface area contributed by atoms with E-state index < -0.39 is 0 Å². The predicted molar refractivity (Wildman–Crippen MR) is 83.1 cm³/mol. The summed E-state index contributed by atoms with van der Waals surface area (Å²) in [5.74, 6) is 0.578. The van der Waals surface area contributed by atoms with Crippen molar-refractivity contribution < 1.29 is 0 Å². The fraction of sp³-hybridized carbons (Fsp3) is 0.0769. The van der Waals surface area contributed by atoms with Crippen molar-refractivity contribution in [2.24, 2.45) is 5.10 Å². The van der Waals surface area contributed by atoms with Gasteiger partial charge in [-0.3, -0.25) is 5.43 Å². The maximum atomic E-state index is 5.97. The molecule has 0 spiro atoms. The van der Waals surface area contributed by atoms with E-state index in [9.17, 15) is 0 Å². The molecule has 8 heteroatoms. The molecule has 0 radical (unpaired) electrons. The van der Waals surface area contributed by atoms with E-state index >= 15 is 0 Å². The highest BCUT2D eigenvalue weighted by Gasteiger charge is 2.03. The van der Waals surface area contributed by atoms with E-state index in [-0.39, 0.29) is 0 Å². The first-order chi connectivity index (χ1) is 10.1. The molecule has 21 heavy (non-hydrogen) atoms. The molecule has 1 aromatic carbocycles. The highest BCUT2D eigenvalue weighted by Crippen LogP contribution is 2.19. The zero-order valence-corrected chi connectivity index (χ0v) is 12.5.